The highest BCUT2D eigenvalue weighted by molar-refractivity contribution is 6.02. The molecule has 3 aromatic rings. The second kappa shape index (κ2) is 12.2. The van der Waals surface area contributed by atoms with Crippen LogP contribution in [0.15, 0.2) is 60.7 Å². The number of rotatable bonds is 9. The lowest BCUT2D eigenvalue weighted by Gasteiger charge is -2.36. The van der Waals surface area contributed by atoms with Gasteiger partial charge in [0.05, 0.1) is 13.2 Å². The van der Waals surface area contributed by atoms with Crippen molar-refractivity contribution in [2.24, 2.45) is 11.8 Å². The lowest BCUT2D eigenvalue weighted by molar-refractivity contribution is 0.0895. The standard InChI is InChI=1S/C35H42N2O4/c1-24(37-14-6-9-27-19-30(38)10-11-32(27)37)23-41-34-21-31-28(20-33(34)40-2)18-29(35(31)39)17-25-12-15-36(16-13-25)22-26-7-4-3-5-8-26/h3-5,7-8,10-11,19-21,24-25,29,38H,6,9,12-18,22-23H2,1-2H3. The number of ketones is 1. The normalized spacial score (nSPS) is 20.0. The van der Waals surface area contributed by atoms with Gasteiger partial charge in [-0.3, -0.25) is 9.69 Å². The number of piperidine rings is 1. The Morgan fingerprint density at radius 1 is 0.976 bits per heavy atom. The summed E-state index contributed by atoms with van der Waals surface area (Å²) in [5.41, 5.74) is 5.60. The van der Waals surface area contributed by atoms with Crippen LogP contribution in [0.3, 0.4) is 0 Å². The van der Waals surface area contributed by atoms with Gasteiger partial charge < -0.3 is 19.5 Å². The molecule has 41 heavy (non-hydrogen) atoms. The molecule has 0 bridgehead atoms. The maximum Gasteiger partial charge on any atom is 0.166 e. The first kappa shape index (κ1) is 27.6. The number of carbonyl (C=O) groups is 1. The van der Waals surface area contributed by atoms with Crippen LogP contribution in [0.1, 0.15) is 59.7 Å². The van der Waals surface area contributed by atoms with Crippen molar-refractivity contribution >= 4 is 11.5 Å². The lowest BCUT2D eigenvalue weighted by Crippen LogP contribution is -2.40. The Morgan fingerprint density at radius 2 is 1.78 bits per heavy atom. The summed E-state index contributed by atoms with van der Waals surface area (Å²) in [5, 5.41) is 9.91. The predicted molar refractivity (Wildman–Crippen MR) is 162 cm³/mol. The molecular formula is C35H42N2O4. The molecule has 0 spiro atoms. The topological polar surface area (TPSA) is 62.2 Å². The van der Waals surface area contributed by atoms with Crippen LogP contribution in [0.4, 0.5) is 5.69 Å². The maximum atomic E-state index is 13.5. The van der Waals surface area contributed by atoms with Crippen molar-refractivity contribution in [1.29, 1.82) is 0 Å². The van der Waals surface area contributed by atoms with Gasteiger partial charge in [-0.2, -0.15) is 0 Å². The minimum atomic E-state index is 0.0517. The number of aryl methyl sites for hydroxylation is 1. The number of nitrogens with zero attached hydrogens (tertiary/aromatic N) is 2. The van der Waals surface area contributed by atoms with E-state index in [0.717, 1.165) is 81.5 Å². The molecule has 2 heterocycles. The van der Waals surface area contributed by atoms with Crippen molar-refractivity contribution < 1.29 is 19.4 Å². The van der Waals surface area contributed by atoms with Gasteiger partial charge >= 0.3 is 0 Å². The van der Waals surface area contributed by atoms with E-state index in [9.17, 15) is 9.90 Å². The number of carbonyl (C=O) groups excluding carboxylic acids is 1. The van der Waals surface area contributed by atoms with Crippen LogP contribution in [-0.2, 0) is 19.4 Å². The molecule has 1 saturated heterocycles. The van der Waals surface area contributed by atoms with Crippen molar-refractivity contribution in [3.63, 3.8) is 0 Å². The Kier molecular flexibility index (Phi) is 8.20. The molecule has 6 heteroatoms. The van der Waals surface area contributed by atoms with E-state index in [1.54, 1.807) is 13.2 Å². The number of hydrogen-bond donors (Lipinski definition) is 1. The SMILES string of the molecule is COc1cc2c(cc1OCC(C)N1CCCc3cc(O)ccc31)C(=O)C(CC1CCN(Cc3ccccc3)CC1)C2. The van der Waals surface area contributed by atoms with Gasteiger partial charge in [-0.05, 0) is 111 Å². The van der Waals surface area contributed by atoms with E-state index in [1.165, 1.54) is 11.1 Å². The van der Waals surface area contributed by atoms with Gasteiger partial charge in [0.1, 0.15) is 12.4 Å². The molecule has 1 N–H and O–H groups in total. The van der Waals surface area contributed by atoms with Crippen LogP contribution in [0.2, 0.25) is 0 Å². The molecular weight excluding hydrogens is 512 g/mol. The van der Waals surface area contributed by atoms with Gasteiger partial charge in [0.2, 0.25) is 0 Å². The fraction of sp³-hybridized carbons (Fsp3) is 0.457. The van der Waals surface area contributed by atoms with Gasteiger partial charge in [-0.25, -0.2) is 0 Å². The third-order valence-electron chi connectivity index (χ3n) is 9.30. The number of aromatic hydroxyl groups is 1. The van der Waals surface area contributed by atoms with Crippen molar-refractivity contribution in [3.05, 3.63) is 82.9 Å². The summed E-state index contributed by atoms with van der Waals surface area (Å²) in [4.78, 5) is 18.4. The quantitative estimate of drug-likeness (QED) is 0.336. The summed E-state index contributed by atoms with van der Waals surface area (Å²) >= 11 is 0. The monoisotopic (exact) mass is 554 g/mol. The Labute approximate surface area is 243 Å². The first-order chi connectivity index (χ1) is 20.0. The van der Waals surface area contributed by atoms with Gasteiger partial charge in [-0.15, -0.1) is 0 Å². The van der Waals surface area contributed by atoms with E-state index in [-0.39, 0.29) is 17.7 Å². The Morgan fingerprint density at radius 3 is 2.56 bits per heavy atom. The van der Waals surface area contributed by atoms with Gasteiger partial charge in [-0.1, -0.05) is 30.3 Å². The molecule has 0 amide bonds. The van der Waals surface area contributed by atoms with Crippen LogP contribution < -0.4 is 14.4 Å². The molecule has 6 rings (SSSR count). The molecule has 0 radical (unpaired) electrons. The number of fused-ring (bicyclic) bond motifs is 2. The number of hydrogen-bond acceptors (Lipinski definition) is 6. The van der Waals surface area contributed by atoms with Gasteiger partial charge in [0, 0.05) is 30.3 Å². The predicted octanol–water partition coefficient (Wildman–Crippen LogP) is 6.28. The lowest BCUT2D eigenvalue weighted by atomic mass is 9.85. The number of likely N-dealkylation sites (tertiary alicyclic amines) is 1. The summed E-state index contributed by atoms with van der Waals surface area (Å²) in [7, 11) is 1.67. The summed E-state index contributed by atoms with van der Waals surface area (Å²) in [6.45, 7) is 6.80. The molecule has 1 fully saturated rings. The van der Waals surface area contributed by atoms with E-state index in [1.807, 2.05) is 24.3 Å². The number of Topliss-reactive ketones (excluding diaryl/α,β-unsaturated/α-hetero) is 1. The first-order valence-corrected chi connectivity index (χ1v) is 15.2. The van der Waals surface area contributed by atoms with Crippen molar-refractivity contribution in [2.75, 3.05) is 38.3 Å². The van der Waals surface area contributed by atoms with Crippen molar-refractivity contribution in [3.8, 4) is 17.2 Å². The second-order valence-electron chi connectivity index (χ2n) is 12.1. The van der Waals surface area contributed by atoms with Crippen LogP contribution in [0.25, 0.3) is 0 Å². The highest BCUT2D eigenvalue weighted by Gasteiger charge is 2.35. The summed E-state index contributed by atoms with van der Waals surface area (Å²) in [5.74, 6) is 2.56. The molecule has 3 aliphatic rings. The first-order valence-electron chi connectivity index (χ1n) is 15.2. The Balaban J connectivity index is 1.06. The highest BCUT2D eigenvalue weighted by Crippen LogP contribution is 2.40. The molecule has 2 aliphatic heterocycles. The van der Waals surface area contributed by atoms with E-state index in [0.29, 0.717) is 29.8 Å². The van der Waals surface area contributed by atoms with Crippen LogP contribution >= 0.6 is 0 Å². The third kappa shape index (κ3) is 6.08. The molecule has 6 nitrogen and oxygen atoms in total. The molecule has 0 saturated carbocycles. The van der Waals surface area contributed by atoms with Crippen LogP contribution in [0.5, 0.6) is 17.2 Å². The summed E-state index contributed by atoms with van der Waals surface area (Å²) < 4.78 is 12.0. The fourth-order valence-corrected chi connectivity index (χ4v) is 7.04. The van der Waals surface area contributed by atoms with E-state index in [4.69, 9.17) is 9.47 Å². The average molecular weight is 555 g/mol. The molecule has 3 aromatic carbocycles. The van der Waals surface area contributed by atoms with Crippen LogP contribution in [-0.4, -0.2) is 55.2 Å². The maximum absolute atomic E-state index is 13.5. The molecule has 1 aliphatic carbocycles. The van der Waals surface area contributed by atoms with Gasteiger partial charge in [0.15, 0.2) is 17.3 Å². The Bertz CT molecular complexity index is 1370. The van der Waals surface area contributed by atoms with Gasteiger partial charge in [0.25, 0.3) is 0 Å². The van der Waals surface area contributed by atoms with E-state index >= 15 is 0 Å². The summed E-state index contributed by atoms with van der Waals surface area (Å²) in [6, 6.07) is 20.4. The third-order valence-corrected chi connectivity index (χ3v) is 9.30. The number of benzene rings is 3. The van der Waals surface area contributed by atoms with Crippen molar-refractivity contribution in [1.82, 2.24) is 4.90 Å². The van der Waals surface area contributed by atoms with E-state index in [2.05, 4.69) is 47.1 Å². The highest BCUT2D eigenvalue weighted by atomic mass is 16.5. The average Bonchev–Trinajstić information content (AvgIpc) is 3.29. The second-order valence-corrected chi connectivity index (χ2v) is 12.1. The smallest absolute Gasteiger partial charge is 0.166 e. The minimum absolute atomic E-state index is 0.0517. The van der Waals surface area contributed by atoms with Crippen LogP contribution in [0, 0.1) is 11.8 Å². The minimum Gasteiger partial charge on any atom is -0.508 e. The zero-order chi connectivity index (χ0) is 28.3. The molecule has 216 valence electrons. The fourth-order valence-electron chi connectivity index (χ4n) is 7.04. The molecule has 0 aromatic heterocycles. The molecule has 2 atom stereocenters. The zero-order valence-corrected chi connectivity index (χ0v) is 24.4. The number of phenolic OH excluding ortho intramolecular Hbond substituents is 1. The largest absolute Gasteiger partial charge is 0.508 e. The number of methoxy groups -OCH3 is 1. The van der Waals surface area contributed by atoms with E-state index < -0.39 is 0 Å². The number of phenols is 1. The Hall–Kier alpha value is -3.51. The zero-order valence-electron chi connectivity index (χ0n) is 24.4. The summed E-state index contributed by atoms with van der Waals surface area (Å²) in [6.07, 6.45) is 6.09. The number of anilines is 1. The van der Waals surface area contributed by atoms with Crippen molar-refractivity contribution in [2.45, 2.75) is 58.0 Å². The molecule has 2 unspecified atom stereocenters. The number of ether oxygens (including phenoxy) is 2.